The fourth-order valence-corrected chi connectivity index (χ4v) is 2.63. The average Bonchev–Trinajstić information content (AvgIpc) is 2.78. The molecule has 0 radical (unpaired) electrons. The Labute approximate surface area is 126 Å². The zero-order valence-electron chi connectivity index (χ0n) is 10.8. The molecule has 0 bridgehead atoms. The standard InChI is InChI=1S/C14H12ClN3OS/c1-19-12-7-9(5-6-16-12)8-18-11-4-2-3-10(15)13(11)17-14(18)20/h2-7H,8H2,1H3,(H,17,20). The molecule has 4 nitrogen and oxygen atoms in total. The van der Waals surface area contributed by atoms with Gasteiger partial charge in [0.05, 0.1) is 29.7 Å². The summed E-state index contributed by atoms with van der Waals surface area (Å²) in [5.41, 5.74) is 2.91. The van der Waals surface area contributed by atoms with Crippen molar-refractivity contribution in [3.05, 3.63) is 51.9 Å². The molecule has 102 valence electrons. The lowest BCUT2D eigenvalue weighted by Gasteiger charge is -2.06. The molecule has 1 aromatic carbocycles. The maximum Gasteiger partial charge on any atom is 0.213 e. The Bertz CT molecular complexity index is 825. The lowest BCUT2D eigenvalue weighted by atomic mass is 10.2. The van der Waals surface area contributed by atoms with E-state index in [4.69, 9.17) is 28.6 Å². The van der Waals surface area contributed by atoms with Gasteiger partial charge in [0, 0.05) is 12.3 Å². The van der Waals surface area contributed by atoms with E-state index in [0.29, 0.717) is 22.2 Å². The third-order valence-electron chi connectivity index (χ3n) is 3.11. The van der Waals surface area contributed by atoms with E-state index in [2.05, 4.69) is 9.97 Å². The van der Waals surface area contributed by atoms with Gasteiger partial charge in [-0.15, -0.1) is 0 Å². The number of rotatable bonds is 3. The summed E-state index contributed by atoms with van der Waals surface area (Å²) in [6.45, 7) is 0.637. The summed E-state index contributed by atoms with van der Waals surface area (Å²) >= 11 is 11.5. The van der Waals surface area contributed by atoms with Crippen molar-refractivity contribution in [1.82, 2.24) is 14.5 Å². The van der Waals surface area contributed by atoms with Gasteiger partial charge in [0.25, 0.3) is 0 Å². The molecular formula is C14H12ClN3OS. The summed E-state index contributed by atoms with van der Waals surface area (Å²) in [6, 6.07) is 9.58. The molecule has 0 spiro atoms. The Kier molecular flexibility index (Phi) is 3.46. The topological polar surface area (TPSA) is 42.8 Å². The van der Waals surface area contributed by atoms with Crippen molar-refractivity contribution >= 4 is 34.9 Å². The van der Waals surface area contributed by atoms with Gasteiger partial charge >= 0.3 is 0 Å². The van der Waals surface area contributed by atoms with Gasteiger partial charge < -0.3 is 14.3 Å². The van der Waals surface area contributed by atoms with Crippen molar-refractivity contribution in [3.63, 3.8) is 0 Å². The molecule has 6 heteroatoms. The van der Waals surface area contributed by atoms with Crippen LogP contribution >= 0.6 is 23.8 Å². The van der Waals surface area contributed by atoms with Gasteiger partial charge in [-0.05, 0) is 36.0 Å². The van der Waals surface area contributed by atoms with Crippen molar-refractivity contribution in [1.29, 1.82) is 0 Å². The molecule has 0 aliphatic carbocycles. The number of aromatic nitrogens is 3. The van der Waals surface area contributed by atoms with Crippen molar-refractivity contribution < 1.29 is 4.74 Å². The van der Waals surface area contributed by atoms with Gasteiger partial charge in [-0.1, -0.05) is 17.7 Å². The molecule has 0 amide bonds. The Balaban J connectivity index is 2.08. The summed E-state index contributed by atoms with van der Waals surface area (Å²) < 4.78 is 7.78. The van der Waals surface area contributed by atoms with Crippen molar-refractivity contribution in [3.8, 4) is 5.88 Å². The summed E-state index contributed by atoms with van der Waals surface area (Å²) in [7, 11) is 1.60. The van der Waals surface area contributed by atoms with Gasteiger partial charge in [0.15, 0.2) is 4.77 Å². The van der Waals surface area contributed by atoms with Gasteiger partial charge in [-0.25, -0.2) is 4.98 Å². The highest BCUT2D eigenvalue weighted by Crippen LogP contribution is 2.23. The molecule has 20 heavy (non-hydrogen) atoms. The second-order valence-corrected chi connectivity index (χ2v) is 5.15. The van der Waals surface area contributed by atoms with E-state index in [1.165, 1.54) is 0 Å². The molecule has 0 unspecified atom stereocenters. The number of fused-ring (bicyclic) bond motifs is 1. The van der Waals surface area contributed by atoms with Crippen LogP contribution in [0.1, 0.15) is 5.56 Å². The third kappa shape index (κ3) is 2.30. The van der Waals surface area contributed by atoms with E-state index < -0.39 is 0 Å². The van der Waals surface area contributed by atoms with E-state index >= 15 is 0 Å². The molecule has 0 fully saturated rings. The molecule has 0 atom stereocenters. The predicted octanol–water partition coefficient (Wildman–Crippen LogP) is 3.80. The number of nitrogens with zero attached hydrogens (tertiary/aromatic N) is 2. The highest BCUT2D eigenvalue weighted by atomic mass is 35.5. The number of hydrogen-bond acceptors (Lipinski definition) is 3. The second kappa shape index (κ2) is 5.26. The van der Waals surface area contributed by atoms with Crippen molar-refractivity contribution in [2.24, 2.45) is 0 Å². The summed E-state index contributed by atoms with van der Waals surface area (Å²) in [4.78, 5) is 7.24. The normalized spacial score (nSPS) is 10.9. The fourth-order valence-electron chi connectivity index (χ4n) is 2.15. The van der Waals surface area contributed by atoms with Gasteiger partial charge in [0.2, 0.25) is 5.88 Å². The van der Waals surface area contributed by atoms with E-state index in [-0.39, 0.29) is 0 Å². The van der Waals surface area contributed by atoms with Crippen LogP contribution in [0.3, 0.4) is 0 Å². The van der Waals surface area contributed by atoms with E-state index in [0.717, 1.165) is 16.6 Å². The molecule has 0 aliphatic heterocycles. The Morgan fingerprint density at radius 2 is 2.25 bits per heavy atom. The van der Waals surface area contributed by atoms with Crippen molar-refractivity contribution in [2.75, 3.05) is 7.11 Å². The molecule has 0 aliphatic rings. The minimum Gasteiger partial charge on any atom is -0.481 e. The summed E-state index contributed by atoms with van der Waals surface area (Å²) in [6.07, 6.45) is 1.72. The molecule has 0 saturated carbocycles. The maximum atomic E-state index is 6.17. The summed E-state index contributed by atoms with van der Waals surface area (Å²) in [5.74, 6) is 0.590. The molecular weight excluding hydrogens is 294 g/mol. The quantitative estimate of drug-likeness (QED) is 0.748. The number of para-hydroxylation sites is 1. The monoisotopic (exact) mass is 305 g/mol. The first-order valence-corrected chi connectivity index (χ1v) is 6.83. The number of H-pyrrole nitrogens is 1. The first-order chi connectivity index (χ1) is 9.69. The Morgan fingerprint density at radius 1 is 1.40 bits per heavy atom. The van der Waals surface area contributed by atoms with Crippen LogP contribution in [0.2, 0.25) is 5.02 Å². The largest absolute Gasteiger partial charge is 0.481 e. The maximum absolute atomic E-state index is 6.17. The van der Waals surface area contributed by atoms with Crippen LogP contribution in [0, 0.1) is 4.77 Å². The molecule has 3 rings (SSSR count). The molecule has 2 heterocycles. The molecule has 1 N–H and O–H groups in total. The minimum atomic E-state index is 0.590. The van der Waals surface area contributed by atoms with Crippen LogP contribution in [0.5, 0.6) is 5.88 Å². The zero-order valence-corrected chi connectivity index (χ0v) is 12.3. The first kappa shape index (κ1) is 13.1. The fraction of sp³-hybridized carbons (Fsp3) is 0.143. The summed E-state index contributed by atoms with van der Waals surface area (Å²) in [5, 5.41) is 0.666. The van der Waals surface area contributed by atoms with Crippen LogP contribution in [-0.4, -0.2) is 21.6 Å². The number of benzene rings is 1. The number of halogens is 1. The number of nitrogens with one attached hydrogen (secondary N) is 1. The third-order valence-corrected chi connectivity index (χ3v) is 3.75. The number of imidazole rings is 1. The molecule has 2 aromatic heterocycles. The van der Waals surface area contributed by atoms with E-state index in [9.17, 15) is 0 Å². The minimum absolute atomic E-state index is 0.590. The Hall–Kier alpha value is -1.85. The highest BCUT2D eigenvalue weighted by Gasteiger charge is 2.08. The molecule has 3 aromatic rings. The van der Waals surface area contributed by atoms with Crippen LogP contribution in [0.15, 0.2) is 36.5 Å². The van der Waals surface area contributed by atoms with Crippen LogP contribution in [0.4, 0.5) is 0 Å². The predicted molar refractivity (Wildman–Crippen MR) is 82.0 cm³/mol. The highest BCUT2D eigenvalue weighted by molar-refractivity contribution is 7.71. The average molecular weight is 306 g/mol. The zero-order chi connectivity index (χ0) is 14.1. The molecule has 0 saturated heterocycles. The number of aromatic amines is 1. The Morgan fingerprint density at radius 3 is 3.05 bits per heavy atom. The number of pyridine rings is 1. The van der Waals surface area contributed by atoms with E-state index in [1.54, 1.807) is 13.3 Å². The second-order valence-electron chi connectivity index (χ2n) is 4.36. The number of hydrogen-bond donors (Lipinski definition) is 1. The van der Waals surface area contributed by atoms with Crippen LogP contribution in [0.25, 0.3) is 11.0 Å². The lowest BCUT2D eigenvalue weighted by molar-refractivity contribution is 0.397. The lowest BCUT2D eigenvalue weighted by Crippen LogP contribution is -2.00. The first-order valence-electron chi connectivity index (χ1n) is 6.05. The number of ether oxygens (including phenoxy) is 1. The van der Waals surface area contributed by atoms with Gasteiger partial charge in [-0.3, -0.25) is 0 Å². The van der Waals surface area contributed by atoms with Gasteiger partial charge in [0.1, 0.15) is 0 Å². The SMILES string of the molecule is COc1cc(Cn2c(=S)[nH]c3c(Cl)cccc32)ccn1. The smallest absolute Gasteiger partial charge is 0.213 e. The van der Waals surface area contributed by atoms with Crippen LogP contribution in [-0.2, 0) is 6.54 Å². The van der Waals surface area contributed by atoms with E-state index in [1.807, 2.05) is 34.9 Å². The van der Waals surface area contributed by atoms with Crippen LogP contribution < -0.4 is 4.74 Å². The van der Waals surface area contributed by atoms with Gasteiger partial charge in [-0.2, -0.15) is 0 Å². The van der Waals surface area contributed by atoms with Crippen molar-refractivity contribution in [2.45, 2.75) is 6.54 Å². The number of methoxy groups -OCH3 is 1.